The predicted octanol–water partition coefficient (Wildman–Crippen LogP) is 2.28. The number of hydrogen-bond donors (Lipinski definition) is 1. The minimum Gasteiger partial charge on any atom is -0.496 e. The number of nitrogens with one attached hydrogen (secondary N) is 1. The third-order valence-corrected chi connectivity index (χ3v) is 3.98. The average molecular weight is 368 g/mol. The fourth-order valence-electron chi connectivity index (χ4n) is 2.52. The van der Waals surface area contributed by atoms with Gasteiger partial charge in [-0.15, -0.1) is 0 Å². The molecule has 3 rings (SSSR count). The van der Waals surface area contributed by atoms with Crippen molar-refractivity contribution in [2.45, 2.75) is 0 Å². The summed E-state index contributed by atoms with van der Waals surface area (Å²) in [6.45, 7) is -0.181. The summed E-state index contributed by atoms with van der Waals surface area (Å²) >= 11 is 0. The molecule has 0 aliphatic heterocycles. The van der Waals surface area contributed by atoms with Gasteiger partial charge in [0.2, 0.25) is 5.95 Å². The normalized spacial score (nSPS) is 10.5. The van der Waals surface area contributed by atoms with Gasteiger partial charge < -0.3 is 10.1 Å². The lowest BCUT2D eigenvalue weighted by molar-refractivity contribution is 0.100. The van der Waals surface area contributed by atoms with Crippen molar-refractivity contribution in [1.82, 2.24) is 14.5 Å². The molecule has 2 heterocycles. The number of carbonyl (C=O) groups excluding carboxylic acids is 1. The summed E-state index contributed by atoms with van der Waals surface area (Å²) in [7, 11) is 2.95. The Kier molecular flexibility index (Phi) is 5.25. The zero-order valence-corrected chi connectivity index (χ0v) is 14.8. The molecule has 7 nitrogen and oxygen atoms in total. The standard InChI is InChI=1S/C19H17FN4O3/c1-24-18(26)10-15(12-5-7-21-8-6-12)23-19(24)22-11-16(25)14-9-13(20)3-4-17(14)27-2/h3-10H,11H2,1-2H3,(H,22,23). The lowest BCUT2D eigenvalue weighted by atomic mass is 10.1. The first-order valence-corrected chi connectivity index (χ1v) is 8.08. The molecule has 0 fully saturated rings. The summed E-state index contributed by atoms with van der Waals surface area (Å²) in [6.07, 6.45) is 3.20. The average Bonchev–Trinajstić information content (AvgIpc) is 2.69. The smallest absolute Gasteiger partial charge is 0.255 e. The SMILES string of the molecule is COc1ccc(F)cc1C(=O)CNc1nc(-c2ccncc2)cc(=O)n1C. The second-order valence-electron chi connectivity index (χ2n) is 5.72. The van der Waals surface area contributed by atoms with E-state index in [0.717, 1.165) is 11.6 Å². The monoisotopic (exact) mass is 368 g/mol. The van der Waals surface area contributed by atoms with Crippen LogP contribution in [0.4, 0.5) is 10.3 Å². The molecule has 0 spiro atoms. The lowest BCUT2D eigenvalue weighted by Crippen LogP contribution is -2.24. The van der Waals surface area contributed by atoms with Crippen molar-refractivity contribution in [2.24, 2.45) is 7.05 Å². The number of halogens is 1. The first kappa shape index (κ1) is 18.2. The number of rotatable bonds is 6. The van der Waals surface area contributed by atoms with E-state index in [1.807, 2.05) is 0 Å². The molecule has 27 heavy (non-hydrogen) atoms. The van der Waals surface area contributed by atoms with Gasteiger partial charge in [-0.25, -0.2) is 9.37 Å². The Balaban J connectivity index is 1.86. The minimum atomic E-state index is -0.538. The molecule has 0 aliphatic carbocycles. The number of carbonyl (C=O) groups is 1. The van der Waals surface area contributed by atoms with Crippen molar-refractivity contribution in [1.29, 1.82) is 0 Å². The van der Waals surface area contributed by atoms with E-state index in [-0.39, 0.29) is 29.4 Å². The van der Waals surface area contributed by atoms with Crippen molar-refractivity contribution in [3.8, 4) is 17.0 Å². The van der Waals surface area contributed by atoms with E-state index in [1.165, 1.54) is 29.9 Å². The van der Waals surface area contributed by atoms with Crippen LogP contribution in [0.25, 0.3) is 11.3 Å². The van der Waals surface area contributed by atoms with Crippen molar-refractivity contribution < 1.29 is 13.9 Å². The Morgan fingerprint density at radius 3 is 2.67 bits per heavy atom. The number of ether oxygens (including phenoxy) is 1. The zero-order chi connectivity index (χ0) is 19.4. The van der Waals surface area contributed by atoms with E-state index in [2.05, 4.69) is 15.3 Å². The molecule has 0 unspecified atom stereocenters. The van der Waals surface area contributed by atoms with E-state index >= 15 is 0 Å². The van der Waals surface area contributed by atoms with Gasteiger partial charge in [0.25, 0.3) is 5.56 Å². The second-order valence-corrected chi connectivity index (χ2v) is 5.72. The van der Waals surface area contributed by atoms with Crippen LogP contribution in [0, 0.1) is 5.82 Å². The molecule has 0 radical (unpaired) electrons. The van der Waals surface area contributed by atoms with Crippen LogP contribution >= 0.6 is 0 Å². The highest BCUT2D eigenvalue weighted by atomic mass is 19.1. The molecule has 0 aliphatic rings. The van der Waals surface area contributed by atoms with Gasteiger partial charge in [-0.3, -0.25) is 19.1 Å². The van der Waals surface area contributed by atoms with Gasteiger partial charge >= 0.3 is 0 Å². The summed E-state index contributed by atoms with van der Waals surface area (Å²) in [5, 5.41) is 2.84. The predicted molar refractivity (Wildman–Crippen MR) is 98.5 cm³/mol. The molecule has 0 bridgehead atoms. The maximum absolute atomic E-state index is 13.5. The number of ketones is 1. The first-order valence-electron chi connectivity index (χ1n) is 8.08. The zero-order valence-electron chi connectivity index (χ0n) is 14.8. The third-order valence-electron chi connectivity index (χ3n) is 3.98. The highest BCUT2D eigenvalue weighted by Crippen LogP contribution is 2.20. The molecule has 0 amide bonds. The highest BCUT2D eigenvalue weighted by Gasteiger charge is 2.15. The molecular formula is C19H17FN4O3. The molecule has 1 aromatic carbocycles. The Morgan fingerprint density at radius 2 is 1.96 bits per heavy atom. The van der Waals surface area contributed by atoms with Crippen LogP contribution in [0.15, 0.2) is 53.6 Å². The maximum atomic E-state index is 13.5. The van der Waals surface area contributed by atoms with E-state index in [4.69, 9.17) is 4.74 Å². The van der Waals surface area contributed by atoms with Crippen LogP contribution in [0.5, 0.6) is 5.75 Å². The van der Waals surface area contributed by atoms with Gasteiger partial charge in [-0.05, 0) is 30.3 Å². The van der Waals surface area contributed by atoms with Crippen LogP contribution < -0.4 is 15.6 Å². The van der Waals surface area contributed by atoms with E-state index < -0.39 is 11.6 Å². The van der Waals surface area contributed by atoms with Crippen LogP contribution in [-0.4, -0.2) is 34.0 Å². The van der Waals surface area contributed by atoms with Crippen molar-refractivity contribution in [3.05, 3.63) is 70.5 Å². The Hall–Kier alpha value is -3.55. The largest absolute Gasteiger partial charge is 0.496 e. The van der Waals surface area contributed by atoms with Crippen molar-refractivity contribution in [2.75, 3.05) is 19.0 Å². The number of Topliss-reactive ketones (excluding diaryl/α,β-unsaturated/α-hetero) is 1. The molecule has 1 N–H and O–H groups in total. The summed E-state index contributed by atoms with van der Waals surface area (Å²) < 4.78 is 19.9. The van der Waals surface area contributed by atoms with Crippen LogP contribution in [0.3, 0.4) is 0 Å². The maximum Gasteiger partial charge on any atom is 0.255 e. The second kappa shape index (κ2) is 7.77. The molecule has 0 saturated heterocycles. The van der Waals surface area contributed by atoms with Gasteiger partial charge in [0.15, 0.2) is 5.78 Å². The lowest BCUT2D eigenvalue weighted by Gasteiger charge is -2.12. The van der Waals surface area contributed by atoms with Gasteiger partial charge in [0.1, 0.15) is 11.6 Å². The summed E-state index contributed by atoms with van der Waals surface area (Å²) in [5.41, 5.74) is 1.01. The Bertz CT molecular complexity index is 1030. The van der Waals surface area contributed by atoms with Gasteiger partial charge in [0.05, 0.1) is 24.9 Å². The van der Waals surface area contributed by atoms with Crippen LogP contribution in [0.1, 0.15) is 10.4 Å². The third kappa shape index (κ3) is 4.00. The fraction of sp³-hybridized carbons (Fsp3) is 0.158. The molecule has 8 heteroatoms. The van der Waals surface area contributed by atoms with Crippen LogP contribution in [0.2, 0.25) is 0 Å². The minimum absolute atomic E-state index is 0.111. The highest BCUT2D eigenvalue weighted by molar-refractivity contribution is 6.01. The summed E-state index contributed by atoms with van der Waals surface area (Å²) in [6, 6.07) is 8.58. The number of methoxy groups -OCH3 is 1. The quantitative estimate of drug-likeness (QED) is 0.672. The number of aromatic nitrogens is 3. The van der Waals surface area contributed by atoms with E-state index in [1.54, 1.807) is 31.6 Å². The molecule has 2 aromatic heterocycles. The number of pyridine rings is 1. The molecule has 0 saturated carbocycles. The molecule has 3 aromatic rings. The van der Waals surface area contributed by atoms with Crippen molar-refractivity contribution in [3.63, 3.8) is 0 Å². The Labute approximate surface area is 154 Å². The summed E-state index contributed by atoms with van der Waals surface area (Å²) in [4.78, 5) is 33.0. The number of benzene rings is 1. The molecule has 138 valence electrons. The topological polar surface area (TPSA) is 86.1 Å². The molecular weight excluding hydrogens is 351 g/mol. The summed E-state index contributed by atoms with van der Waals surface area (Å²) in [5.74, 6) is -0.437. The first-order chi connectivity index (χ1) is 13.0. The van der Waals surface area contributed by atoms with Crippen molar-refractivity contribution >= 4 is 11.7 Å². The van der Waals surface area contributed by atoms with E-state index in [9.17, 15) is 14.0 Å². The Morgan fingerprint density at radius 1 is 1.22 bits per heavy atom. The van der Waals surface area contributed by atoms with Gasteiger partial charge in [-0.1, -0.05) is 0 Å². The number of hydrogen-bond acceptors (Lipinski definition) is 6. The number of anilines is 1. The fourth-order valence-corrected chi connectivity index (χ4v) is 2.52. The molecule has 0 atom stereocenters. The van der Waals surface area contributed by atoms with E-state index in [0.29, 0.717) is 5.69 Å². The van der Waals surface area contributed by atoms with Crippen LogP contribution in [-0.2, 0) is 7.05 Å². The van der Waals surface area contributed by atoms with Gasteiger partial charge in [-0.2, -0.15) is 0 Å². The van der Waals surface area contributed by atoms with Gasteiger partial charge in [0, 0.05) is 31.1 Å². The number of nitrogens with zero attached hydrogens (tertiary/aromatic N) is 3.